The van der Waals surface area contributed by atoms with Crippen molar-refractivity contribution in [3.8, 4) is 0 Å². The van der Waals surface area contributed by atoms with Crippen LogP contribution in [0.5, 0.6) is 0 Å². The Labute approximate surface area is 121 Å². The first-order chi connectivity index (χ1) is 9.08. The summed E-state index contributed by atoms with van der Waals surface area (Å²) in [6, 6.07) is 4.32. The van der Waals surface area contributed by atoms with Crippen LogP contribution in [-0.4, -0.2) is 17.3 Å². The minimum atomic E-state index is -0.369. The molecule has 1 aliphatic carbocycles. The van der Waals surface area contributed by atoms with Crippen LogP contribution in [0.15, 0.2) is 18.2 Å². The number of alkyl halides is 1. The summed E-state index contributed by atoms with van der Waals surface area (Å²) in [6.07, 6.45) is 4.78. The van der Waals surface area contributed by atoms with Crippen molar-refractivity contribution in [2.24, 2.45) is 5.92 Å². The SMILES string of the molecule is Cc1ccc(F)cc1C(=O)NCC1CCCCC1Br. The zero-order valence-corrected chi connectivity index (χ0v) is 12.7. The Morgan fingerprint density at radius 1 is 1.42 bits per heavy atom. The van der Waals surface area contributed by atoms with Crippen molar-refractivity contribution in [3.05, 3.63) is 35.1 Å². The van der Waals surface area contributed by atoms with Gasteiger partial charge in [0.05, 0.1) is 0 Å². The van der Waals surface area contributed by atoms with Crippen molar-refractivity contribution in [1.29, 1.82) is 0 Å². The maximum Gasteiger partial charge on any atom is 0.251 e. The van der Waals surface area contributed by atoms with E-state index in [-0.39, 0.29) is 11.7 Å². The highest BCUT2D eigenvalue weighted by atomic mass is 79.9. The van der Waals surface area contributed by atoms with E-state index in [0.717, 1.165) is 12.0 Å². The van der Waals surface area contributed by atoms with Crippen LogP contribution in [0, 0.1) is 18.7 Å². The summed E-state index contributed by atoms with van der Waals surface area (Å²) in [4.78, 5) is 12.6. The van der Waals surface area contributed by atoms with Crippen LogP contribution < -0.4 is 5.32 Å². The van der Waals surface area contributed by atoms with Gasteiger partial charge in [-0.2, -0.15) is 0 Å². The fourth-order valence-electron chi connectivity index (χ4n) is 2.55. The van der Waals surface area contributed by atoms with E-state index >= 15 is 0 Å². The number of nitrogens with one attached hydrogen (secondary N) is 1. The average Bonchev–Trinajstić information content (AvgIpc) is 2.40. The van der Waals surface area contributed by atoms with Gasteiger partial charge in [-0.1, -0.05) is 34.8 Å². The topological polar surface area (TPSA) is 29.1 Å². The summed E-state index contributed by atoms with van der Waals surface area (Å²) in [7, 11) is 0. The number of aryl methyl sites for hydroxylation is 1. The molecule has 0 bridgehead atoms. The molecule has 1 N–H and O–H groups in total. The van der Waals surface area contributed by atoms with Crippen molar-refractivity contribution in [2.45, 2.75) is 37.4 Å². The van der Waals surface area contributed by atoms with Crippen LogP contribution in [0.4, 0.5) is 4.39 Å². The Bertz CT molecular complexity index is 463. The maximum absolute atomic E-state index is 13.2. The first-order valence-corrected chi connectivity index (χ1v) is 7.68. The van der Waals surface area contributed by atoms with Crippen molar-refractivity contribution >= 4 is 21.8 Å². The van der Waals surface area contributed by atoms with E-state index < -0.39 is 0 Å². The van der Waals surface area contributed by atoms with Crippen LogP contribution >= 0.6 is 15.9 Å². The van der Waals surface area contributed by atoms with Crippen LogP contribution in [0.2, 0.25) is 0 Å². The van der Waals surface area contributed by atoms with Crippen LogP contribution in [0.1, 0.15) is 41.6 Å². The number of hydrogen-bond acceptors (Lipinski definition) is 1. The molecule has 1 aliphatic rings. The van der Waals surface area contributed by atoms with Gasteiger partial charge in [-0.25, -0.2) is 4.39 Å². The highest BCUT2D eigenvalue weighted by Gasteiger charge is 2.23. The Kier molecular flexibility index (Phi) is 4.97. The number of rotatable bonds is 3. The summed E-state index contributed by atoms with van der Waals surface area (Å²) in [6.45, 7) is 2.48. The Morgan fingerprint density at radius 3 is 2.89 bits per heavy atom. The molecule has 0 spiro atoms. The molecule has 2 rings (SSSR count). The van der Waals surface area contributed by atoms with E-state index in [0.29, 0.717) is 22.9 Å². The standard InChI is InChI=1S/C15H19BrFNO/c1-10-6-7-12(17)8-13(10)15(19)18-9-11-4-2-3-5-14(11)16/h6-8,11,14H,2-5,9H2,1H3,(H,18,19). The van der Waals surface area contributed by atoms with Crippen molar-refractivity contribution in [2.75, 3.05) is 6.54 Å². The predicted molar refractivity (Wildman–Crippen MR) is 78.1 cm³/mol. The Hall–Kier alpha value is -0.900. The summed E-state index contributed by atoms with van der Waals surface area (Å²) < 4.78 is 13.2. The molecule has 0 heterocycles. The number of hydrogen-bond donors (Lipinski definition) is 1. The minimum absolute atomic E-state index is 0.178. The molecule has 19 heavy (non-hydrogen) atoms. The second-order valence-corrected chi connectivity index (χ2v) is 6.41. The lowest BCUT2D eigenvalue weighted by Crippen LogP contribution is -2.34. The molecule has 2 nitrogen and oxygen atoms in total. The highest BCUT2D eigenvalue weighted by molar-refractivity contribution is 9.09. The van der Waals surface area contributed by atoms with E-state index in [1.807, 2.05) is 6.92 Å². The first-order valence-electron chi connectivity index (χ1n) is 6.76. The van der Waals surface area contributed by atoms with Gasteiger partial charge in [0.25, 0.3) is 5.91 Å². The molecule has 0 aromatic heterocycles. The molecule has 0 radical (unpaired) electrons. The van der Waals surface area contributed by atoms with E-state index in [9.17, 15) is 9.18 Å². The lowest BCUT2D eigenvalue weighted by atomic mass is 9.89. The van der Waals surface area contributed by atoms with Gasteiger partial charge in [-0.3, -0.25) is 4.79 Å². The van der Waals surface area contributed by atoms with E-state index in [2.05, 4.69) is 21.2 Å². The molecule has 2 unspecified atom stereocenters. The molecule has 1 fully saturated rings. The van der Waals surface area contributed by atoms with Gasteiger partial charge in [0.1, 0.15) is 5.82 Å². The number of carbonyl (C=O) groups is 1. The highest BCUT2D eigenvalue weighted by Crippen LogP contribution is 2.29. The number of halogens is 2. The number of amides is 1. The third-order valence-electron chi connectivity index (χ3n) is 3.79. The van der Waals surface area contributed by atoms with Crippen molar-refractivity contribution < 1.29 is 9.18 Å². The quantitative estimate of drug-likeness (QED) is 0.840. The van der Waals surface area contributed by atoms with Gasteiger partial charge in [0.2, 0.25) is 0 Å². The minimum Gasteiger partial charge on any atom is -0.352 e. The van der Waals surface area contributed by atoms with E-state index in [1.54, 1.807) is 6.07 Å². The molecule has 1 amide bonds. The van der Waals surface area contributed by atoms with Gasteiger partial charge in [0.15, 0.2) is 0 Å². The maximum atomic E-state index is 13.2. The van der Waals surface area contributed by atoms with Gasteiger partial charge in [0, 0.05) is 16.9 Å². The average molecular weight is 328 g/mol. The third kappa shape index (κ3) is 3.78. The molecule has 0 saturated heterocycles. The van der Waals surface area contributed by atoms with Crippen LogP contribution in [0.25, 0.3) is 0 Å². The van der Waals surface area contributed by atoms with Crippen molar-refractivity contribution in [3.63, 3.8) is 0 Å². The normalized spacial score (nSPS) is 23.1. The summed E-state index contributed by atoms with van der Waals surface area (Å²) in [5.74, 6) is -0.0689. The van der Waals surface area contributed by atoms with Gasteiger partial charge >= 0.3 is 0 Å². The fourth-order valence-corrected chi connectivity index (χ4v) is 3.33. The van der Waals surface area contributed by atoms with Crippen molar-refractivity contribution in [1.82, 2.24) is 5.32 Å². The molecule has 1 aromatic rings. The summed E-state index contributed by atoms with van der Waals surface area (Å²) in [5.41, 5.74) is 1.24. The van der Waals surface area contributed by atoms with E-state index in [1.165, 1.54) is 31.4 Å². The zero-order valence-electron chi connectivity index (χ0n) is 11.1. The molecule has 2 atom stereocenters. The lowest BCUT2D eigenvalue weighted by Gasteiger charge is -2.27. The third-order valence-corrected chi connectivity index (χ3v) is 4.99. The smallest absolute Gasteiger partial charge is 0.251 e. The fraction of sp³-hybridized carbons (Fsp3) is 0.533. The number of benzene rings is 1. The van der Waals surface area contributed by atoms with E-state index in [4.69, 9.17) is 0 Å². The molecule has 1 aromatic carbocycles. The first kappa shape index (κ1) is 14.5. The molecule has 1 saturated carbocycles. The number of carbonyl (C=O) groups excluding carboxylic acids is 1. The molecule has 104 valence electrons. The molecular weight excluding hydrogens is 309 g/mol. The predicted octanol–water partition coefficient (Wildman–Crippen LogP) is 3.82. The van der Waals surface area contributed by atoms with Gasteiger partial charge < -0.3 is 5.32 Å². The second kappa shape index (κ2) is 6.51. The van der Waals surface area contributed by atoms with Crippen LogP contribution in [-0.2, 0) is 0 Å². The molecule has 0 aliphatic heterocycles. The van der Waals surface area contributed by atoms with Gasteiger partial charge in [-0.05, 0) is 43.4 Å². The van der Waals surface area contributed by atoms with Crippen LogP contribution in [0.3, 0.4) is 0 Å². The molecule has 4 heteroatoms. The largest absolute Gasteiger partial charge is 0.352 e. The molecular formula is C15H19BrFNO. The summed E-state index contributed by atoms with van der Waals surface area (Å²) >= 11 is 3.68. The summed E-state index contributed by atoms with van der Waals surface area (Å²) in [5, 5.41) is 2.93. The second-order valence-electron chi connectivity index (χ2n) is 5.23. The monoisotopic (exact) mass is 327 g/mol. The Morgan fingerprint density at radius 2 is 2.16 bits per heavy atom. The zero-order chi connectivity index (χ0) is 13.8. The Balaban J connectivity index is 1.95. The lowest BCUT2D eigenvalue weighted by molar-refractivity contribution is 0.0943. The van der Waals surface area contributed by atoms with Gasteiger partial charge in [-0.15, -0.1) is 0 Å².